The van der Waals surface area contributed by atoms with Gasteiger partial charge in [-0.15, -0.1) is 0 Å². The van der Waals surface area contributed by atoms with Gasteiger partial charge >= 0.3 is 5.97 Å². The zero-order chi connectivity index (χ0) is 14.7. The Balaban J connectivity index is 2.30. The van der Waals surface area contributed by atoms with Crippen molar-refractivity contribution in [2.75, 3.05) is 13.7 Å². The van der Waals surface area contributed by atoms with Crippen LogP contribution in [0.15, 0.2) is 18.2 Å². The van der Waals surface area contributed by atoms with E-state index in [2.05, 4.69) is 0 Å². The number of amides is 1. The number of piperidine rings is 1. The fourth-order valence-corrected chi connectivity index (χ4v) is 2.72. The van der Waals surface area contributed by atoms with Crippen LogP contribution in [-0.4, -0.2) is 36.5 Å². The molecule has 0 bridgehead atoms. The van der Waals surface area contributed by atoms with E-state index in [1.165, 1.54) is 7.11 Å². The van der Waals surface area contributed by atoms with Crippen LogP contribution in [0.5, 0.6) is 0 Å². The number of likely N-dealkylation sites (tertiary alicyclic amines) is 1. The van der Waals surface area contributed by atoms with Crippen LogP contribution in [0.25, 0.3) is 0 Å². The van der Waals surface area contributed by atoms with Gasteiger partial charge in [-0.1, -0.05) is 17.7 Å². The van der Waals surface area contributed by atoms with Gasteiger partial charge in [-0.25, -0.2) is 4.79 Å². The van der Waals surface area contributed by atoms with Crippen molar-refractivity contribution in [3.05, 3.63) is 34.3 Å². The molecule has 5 heteroatoms. The molecule has 0 spiro atoms. The highest BCUT2D eigenvalue weighted by atomic mass is 35.5. The van der Waals surface area contributed by atoms with E-state index in [1.807, 2.05) is 6.92 Å². The van der Waals surface area contributed by atoms with Gasteiger partial charge in [0.25, 0.3) is 5.91 Å². The Hall–Kier alpha value is -1.55. The number of carbonyl (C=O) groups excluding carboxylic acids is 2. The molecule has 0 saturated carbocycles. The van der Waals surface area contributed by atoms with E-state index in [4.69, 9.17) is 16.3 Å². The second-order valence-electron chi connectivity index (χ2n) is 4.95. The number of halogens is 1. The zero-order valence-electron chi connectivity index (χ0n) is 11.7. The van der Waals surface area contributed by atoms with Crippen molar-refractivity contribution in [3.63, 3.8) is 0 Å². The summed E-state index contributed by atoms with van der Waals surface area (Å²) in [5, 5.41) is 0.558. The number of hydrogen-bond acceptors (Lipinski definition) is 3. The lowest BCUT2D eigenvalue weighted by atomic mass is 9.99. The van der Waals surface area contributed by atoms with E-state index in [9.17, 15) is 9.59 Å². The van der Waals surface area contributed by atoms with Gasteiger partial charge in [-0.05, 0) is 43.9 Å². The van der Waals surface area contributed by atoms with Gasteiger partial charge in [-0.3, -0.25) is 4.79 Å². The number of nitrogens with zero attached hydrogens (tertiary/aromatic N) is 1. The van der Waals surface area contributed by atoms with Gasteiger partial charge in [-0.2, -0.15) is 0 Å². The Morgan fingerprint density at radius 2 is 2.10 bits per heavy atom. The first-order valence-corrected chi connectivity index (χ1v) is 7.08. The first-order valence-electron chi connectivity index (χ1n) is 6.70. The van der Waals surface area contributed by atoms with E-state index < -0.39 is 6.04 Å². The number of carbonyl (C=O) groups is 2. The summed E-state index contributed by atoms with van der Waals surface area (Å²) in [6.45, 7) is 2.39. The molecule has 1 atom stereocenters. The van der Waals surface area contributed by atoms with Crippen LogP contribution in [0.3, 0.4) is 0 Å². The molecule has 1 aliphatic heterocycles. The van der Waals surface area contributed by atoms with Crippen LogP contribution < -0.4 is 0 Å². The van der Waals surface area contributed by atoms with Crippen molar-refractivity contribution in [2.45, 2.75) is 32.2 Å². The lowest BCUT2D eigenvalue weighted by Crippen LogP contribution is -2.48. The predicted molar refractivity (Wildman–Crippen MR) is 76.9 cm³/mol. The molecule has 1 fully saturated rings. The Kier molecular flexibility index (Phi) is 4.65. The van der Waals surface area contributed by atoms with Crippen molar-refractivity contribution in [1.82, 2.24) is 4.90 Å². The van der Waals surface area contributed by atoms with Crippen molar-refractivity contribution >= 4 is 23.5 Å². The van der Waals surface area contributed by atoms with E-state index in [0.717, 1.165) is 18.4 Å². The molecule has 1 aromatic rings. The van der Waals surface area contributed by atoms with Crippen LogP contribution in [0, 0.1) is 6.92 Å². The third kappa shape index (κ3) is 2.80. The molecule has 2 rings (SSSR count). The summed E-state index contributed by atoms with van der Waals surface area (Å²) >= 11 is 6.06. The quantitative estimate of drug-likeness (QED) is 0.788. The third-order valence-corrected chi connectivity index (χ3v) is 4.14. The van der Waals surface area contributed by atoms with Crippen LogP contribution in [0.2, 0.25) is 5.02 Å². The Morgan fingerprint density at radius 3 is 2.80 bits per heavy atom. The Morgan fingerprint density at radius 1 is 1.35 bits per heavy atom. The van der Waals surface area contributed by atoms with Crippen molar-refractivity contribution in [1.29, 1.82) is 0 Å². The van der Waals surface area contributed by atoms with E-state index in [0.29, 0.717) is 23.6 Å². The fourth-order valence-electron chi connectivity index (χ4n) is 2.55. The molecule has 4 nitrogen and oxygen atoms in total. The van der Waals surface area contributed by atoms with Crippen LogP contribution in [0.4, 0.5) is 0 Å². The number of ether oxygens (including phenoxy) is 1. The number of rotatable bonds is 2. The maximum atomic E-state index is 12.7. The number of benzene rings is 1. The largest absolute Gasteiger partial charge is 0.467 e. The van der Waals surface area contributed by atoms with Gasteiger partial charge < -0.3 is 9.64 Å². The fraction of sp³-hybridized carbons (Fsp3) is 0.467. The molecule has 1 aliphatic rings. The maximum Gasteiger partial charge on any atom is 0.328 e. The van der Waals surface area contributed by atoms with Gasteiger partial charge in [0.05, 0.1) is 7.11 Å². The molecule has 0 aromatic heterocycles. The zero-order valence-corrected chi connectivity index (χ0v) is 12.4. The van der Waals surface area contributed by atoms with E-state index in [1.54, 1.807) is 23.1 Å². The van der Waals surface area contributed by atoms with E-state index >= 15 is 0 Å². The Bertz CT molecular complexity index is 530. The van der Waals surface area contributed by atoms with Crippen molar-refractivity contribution in [3.8, 4) is 0 Å². The maximum absolute atomic E-state index is 12.7. The number of methoxy groups -OCH3 is 1. The molecular formula is C15H18ClNO3. The molecule has 0 radical (unpaired) electrons. The summed E-state index contributed by atoms with van der Waals surface area (Å²) in [5.74, 6) is -0.502. The summed E-state index contributed by atoms with van der Waals surface area (Å²) in [6, 6.07) is 4.76. The summed E-state index contributed by atoms with van der Waals surface area (Å²) in [6.07, 6.45) is 2.48. The Labute approximate surface area is 123 Å². The standard InChI is InChI=1S/C15H18ClNO3/c1-10-11(6-5-7-12(10)16)14(18)17-9-4-3-8-13(17)15(19)20-2/h5-7,13H,3-4,8-9H2,1-2H3/t13-/m1/s1. The normalized spacial score (nSPS) is 18.8. The van der Waals surface area contributed by atoms with Crippen LogP contribution in [-0.2, 0) is 9.53 Å². The minimum atomic E-state index is -0.486. The second kappa shape index (κ2) is 6.27. The minimum absolute atomic E-state index is 0.153. The first kappa shape index (κ1) is 14.9. The van der Waals surface area contributed by atoms with Gasteiger partial charge in [0, 0.05) is 17.1 Å². The van der Waals surface area contributed by atoms with Crippen molar-refractivity contribution < 1.29 is 14.3 Å². The number of hydrogen-bond donors (Lipinski definition) is 0. The van der Waals surface area contributed by atoms with Crippen molar-refractivity contribution in [2.24, 2.45) is 0 Å². The molecule has 1 aromatic carbocycles. The lowest BCUT2D eigenvalue weighted by molar-refractivity contribution is -0.147. The number of esters is 1. The average Bonchev–Trinajstić information content (AvgIpc) is 2.48. The highest BCUT2D eigenvalue weighted by Gasteiger charge is 2.33. The molecule has 1 amide bonds. The molecule has 1 heterocycles. The summed E-state index contributed by atoms with van der Waals surface area (Å²) in [4.78, 5) is 26.1. The van der Waals surface area contributed by atoms with Crippen LogP contribution in [0.1, 0.15) is 35.2 Å². The van der Waals surface area contributed by atoms with E-state index in [-0.39, 0.29) is 11.9 Å². The summed E-state index contributed by atoms with van der Waals surface area (Å²) in [5.41, 5.74) is 1.29. The third-order valence-electron chi connectivity index (χ3n) is 3.74. The highest BCUT2D eigenvalue weighted by molar-refractivity contribution is 6.31. The monoisotopic (exact) mass is 295 g/mol. The molecule has 1 saturated heterocycles. The average molecular weight is 296 g/mol. The van der Waals surface area contributed by atoms with Gasteiger partial charge in [0.15, 0.2) is 0 Å². The predicted octanol–water partition coefficient (Wildman–Crippen LogP) is 2.82. The van der Waals surface area contributed by atoms with Crippen LogP contribution >= 0.6 is 11.6 Å². The molecule has 0 N–H and O–H groups in total. The molecule has 108 valence electrons. The first-order chi connectivity index (χ1) is 9.56. The smallest absolute Gasteiger partial charge is 0.328 e. The summed E-state index contributed by atoms with van der Waals surface area (Å²) in [7, 11) is 1.35. The highest BCUT2D eigenvalue weighted by Crippen LogP contribution is 2.24. The SMILES string of the molecule is COC(=O)[C@H]1CCCCN1C(=O)c1cccc(Cl)c1C. The summed E-state index contributed by atoms with van der Waals surface area (Å²) < 4.78 is 4.80. The minimum Gasteiger partial charge on any atom is -0.467 e. The molecular weight excluding hydrogens is 278 g/mol. The molecule has 0 aliphatic carbocycles. The molecule has 0 unspecified atom stereocenters. The van der Waals surface area contributed by atoms with Gasteiger partial charge in [0.2, 0.25) is 0 Å². The topological polar surface area (TPSA) is 46.6 Å². The second-order valence-corrected chi connectivity index (χ2v) is 5.35. The molecule has 20 heavy (non-hydrogen) atoms. The van der Waals surface area contributed by atoms with Gasteiger partial charge in [0.1, 0.15) is 6.04 Å². The lowest BCUT2D eigenvalue weighted by Gasteiger charge is -2.34.